The van der Waals surface area contributed by atoms with E-state index in [2.05, 4.69) is 22.1 Å². The first-order valence-corrected chi connectivity index (χ1v) is 7.97. The summed E-state index contributed by atoms with van der Waals surface area (Å²) in [6.45, 7) is 2.22. The Balaban J connectivity index is 1.86. The van der Waals surface area contributed by atoms with E-state index in [9.17, 15) is 0 Å². The highest BCUT2D eigenvalue weighted by Crippen LogP contribution is 2.21. The van der Waals surface area contributed by atoms with Gasteiger partial charge in [-0.3, -0.25) is 5.10 Å². The van der Waals surface area contributed by atoms with Crippen LogP contribution in [0.1, 0.15) is 32.6 Å². The molecule has 1 heterocycles. The number of hydrogen-bond acceptors (Lipinski definition) is 3. The summed E-state index contributed by atoms with van der Waals surface area (Å²) in [5, 5.41) is 8.75. The molecule has 0 saturated heterocycles. The van der Waals surface area contributed by atoms with Gasteiger partial charge in [0, 0.05) is 16.3 Å². The number of nitrogens with zero attached hydrogens (tertiary/aromatic N) is 2. The molecule has 0 bridgehead atoms. The van der Waals surface area contributed by atoms with Gasteiger partial charge in [0.2, 0.25) is 5.16 Å². The molecule has 1 N–H and O–H groups in total. The third-order valence-corrected chi connectivity index (χ3v) is 4.00. The molecular formula is C14H18ClN3S. The minimum atomic E-state index is 0.730. The number of hydrogen-bond donors (Lipinski definition) is 1. The maximum Gasteiger partial charge on any atom is 0.208 e. The van der Waals surface area contributed by atoms with Crippen LogP contribution in [0.15, 0.2) is 29.4 Å². The molecule has 0 fully saturated rings. The lowest BCUT2D eigenvalue weighted by atomic mass is 10.2. The van der Waals surface area contributed by atoms with E-state index >= 15 is 0 Å². The molecule has 3 nitrogen and oxygen atoms in total. The molecule has 1 aromatic heterocycles. The largest absolute Gasteiger partial charge is 0.258 e. The van der Waals surface area contributed by atoms with Gasteiger partial charge >= 0.3 is 0 Å². The highest BCUT2D eigenvalue weighted by molar-refractivity contribution is 7.99. The van der Waals surface area contributed by atoms with E-state index in [0.717, 1.165) is 27.3 Å². The fraction of sp³-hybridized carbons (Fsp3) is 0.429. The molecule has 5 heteroatoms. The van der Waals surface area contributed by atoms with Crippen molar-refractivity contribution in [3.63, 3.8) is 0 Å². The molecule has 0 radical (unpaired) electrons. The van der Waals surface area contributed by atoms with E-state index in [1.165, 1.54) is 25.7 Å². The smallest absolute Gasteiger partial charge is 0.208 e. The predicted molar refractivity (Wildman–Crippen MR) is 81.7 cm³/mol. The van der Waals surface area contributed by atoms with Crippen molar-refractivity contribution in [2.75, 3.05) is 5.75 Å². The first kappa shape index (κ1) is 14.4. The second-order valence-corrected chi connectivity index (χ2v) is 5.88. The summed E-state index contributed by atoms with van der Waals surface area (Å²) < 4.78 is 0. The molecule has 0 atom stereocenters. The van der Waals surface area contributed by atoms with Crippen molar-refractivity contribution in [1.29, 1.82) is 0 Å². The zero-order valence-corrected chi connectivity index (χ0v) is 12.6. The second kappa shape index (κ2) is 7.56. The molecule has 0 spiro atoms. The van der Waals surface area contributed by atoms with Crippen molar-refractivity contribution in [3.05, 3.63) is 29.3 Å². The summed E-state index contributed by atoms with van der Waals surface area (Å²) in [5.74, 6) is 1.88. The number of aromatic amines is 1. The van der Waals surface area contributed by atoms with Crippen LogP contribution in [0.3, 0.4) is 0 Å². The van der Waals surface area contributed by atoms with Crippen molar-refractivity contribution in [3.8, 4) is 11.4 Å². The van der Waals surface area contributed by atoms with E-state index in [1.807, 2.05) is 24.3 Å². The van der Waals surface area contributed by atoms with Crippen LogP contribution in [-0.2, 0) is 0 Å². The van der Waals surface area contributed by atoms with Crippen LogP contribution in [0.5, 0.6) is 0 Å². The molecule has 0 aliphatic carbocycles. The van der Waals surface area contributed by atoms with Gasteiger partial charge in [0.1, 0.15) is 0 Å². The van der Waals surface area contributed by atoms with Crippen LogP contribution in [0.2, 0.25) is 5.02 Å². The Morgan fingerprint density at radius 3 is 2.68 bits per heavy atom. The van der Waals surface area contributed by atoms with Gasteiger partial charge in [-0.15, -0.1) is 5.10 Å². The maximum atomic E-state index is 5.86. The van der Waals surface area contributed by atoms with Crippen molar-refractivity contribution in [2.24, 2.45) is 0 Å². The first-order chi connectivity index (χ1) is 9.29. The molecule has 0 unspecified atom stereocenters. The van der Waals surface area contributed by atoms with Crippen LogP contribution in [0.25, 0.3) is 11.4 Å². The predicted octanol–water partition coefficient (Wildman–Crippen LogP) is 4.80. The average Bonchev–Trinajstić information content (AvgIpc) is 2.88. The Hall–Kier alpha value is -1.00. The molecule has 0 saturated carbocycles. The minimum Gasteiger partial charge on any atom is -0.258 e. The number of aromatic nitrogens is 3. The highest BCUT2D eigenvalue weighted by atomic mass is 35.5. The Labute approximate surface area is 123 Å². The lowest BCUT2D eigenvalue weighted by Gasteiger charge is -1.97. The zero-order valence-electron chi connectivity index (χ0n) is 11.0. The Bertz CT molecular complexity index is 496. The summed E-state index contributed by atoms with van der Waals surface area (Å²) in [6, 6.07) is 7.60. The quantitative estimate of drug-likeness (QED) is 0.589. The van der Waals surface area contributed by atoms with Crippen molar-refractivity contribution in [1.82, 2.24) is 15.2 Å². The van der Waals surface area contributed by atoms with Gasteiger partial charge in [-0.25, -0.2) is 4.98 Å². The van der Waals surface area contributed by atoms with Crippen LogP contribution in [0.4, 0.5) is 0 Å². The Morgan fingerprint density at radius 2 is 1.95 bits per heavy atom. The van der Waals surface area contributed by atoms with Crippen molar-refractivity contribution < 1.29 is 0 Å². The molecule has 102 valence electrons. The average molecular weight is 296 g/mol. The van der Waals surface area contributed by atoms with E-state index in [-0.39, 0.29) is 0 Å². The summed E-state index contributed by atoms with van der Waals surface area (Å²) in [7, 11) is 0. The first-order valence-electron chi connectivity index (χ1n) is 6.60. The molecular weight excluding hydrogens is 278 g/mol. The minimum absolute atomic E-state index is 0.730. The van der Waals surface area contributed by atoms with Gasteiger partial charge in [0.15, 0.2) is 5.82 Å². The highest BCUT2D eigenvalue weighted by Gasteiger charge is 2.05. The van der Waals surface area contributed by atoms with E-state index in [1.54, 1.807) is 11.8 Å². The van der Waals surface area contributed by atoms with Crippen LogP contribution < -0.4 is 0 Å². The molecule has 0 aliphatic heterocycles. The Kier molecular flexibility index (Phi) is 5.73. The van der Waals surface area contributed by atoms with E-state index < -0.39 is 0 Å². The van der Waals surface area contributed by atoms with E-state index in [4.69, 9.17) is 11.6 Å². The Morgan fingerprint density at radius 1 is 1.16 bits per heavy atom. The van der Waals surface area contributed by atoms with E-state index in [0.29, 0.717) is 0 Å². The molecule has 2 rings (SSSR count). The second-order valence-electron chi connectivity index (χ2n) is 4.38. The standard InChI is InChI=1S/C14H18ClN3S/c1-2-3-4-5-10-19-14-16-13(17-18-14)11-6-8-12(15)9-7-11/h6-9H,2-5,10H2,1H3,(H,16,17,18). The van der Waals surface area contributed by atoms with Crippen LogP contribution in [0, 0.1) is 0 Å². The number of nitrogens with one attached hydrogen (secondary N) is 1. The monoisotopic (exact) mass is 295 g/mol. The number of halogens is 1. The normalized spacial score (nSPS) is 10.8. The SMILES string of the molecule is CCCCCCSc1n[nH]c(-c2ccc(Cl)cc2)n1. The third kappa shape index (κ3) is 4.55. The number of rotatable bonds is 7. The van der Waals surface area contributed by atoms with Gasteiger partial charge in [-0.05, 0) is 30.7 Å². The van der Waals surface area contributed by atoms with Gasteiger partial charge in [0.25, 0.3) is 0 Å². The molecule has 0 amide bonds. The number of benzene rings is 1. The summed E-state index contributed by atoms with van der Waals surface area (Å²) in [5.41, 5.74) is 1.01. The van der Waals surface area contributed by atoms with Gasteiger partial charge in [0.05, 0.1) is 0 Å². The lowest BCUT2D eigenvalue weighted by molar-refractivity contribution is 0.706. The van der Waals surface area contributed by atoms with Crippen LogP contribution in [-0.4, -0.2) is 20.9 Å². The molecule has 1 aromatic carbocycles. The lowest BCUT2D eigenvalue weighted by Crippen LogP contribution is -1.83. The number of H-pyrrole nitrogens is 1. The molecule has 0 aliphatic rings. The van der Waals surface area contributed by atoms with Gasteiger partial charge in [-0.2, -0.15) is 0 Å². The zero-order chi connectivity index (χ0) is 13.5. The molecule has 2 aromatic rings. The van der Waals surface area contributed by atoms with Gasteiger partial charge < -0.3 is 0 Å². The maximum absolute atomic E-state index is 5.86. The summed E-state index contributed by atoms with van der Waals surface area (Å²) >= 11 is 7.57. The summed E-state index contributed by atoms with van der Waals surface area (Å²) in [4.78, 5) is 4.48. The van der Waals surface area contributed by atoms with Crippen LogP contribution >= 0.6 is 23.4 Å². The number of thioether (sulfide) groups is 1. The third-order valence-electron chi connectivity index (χ3n) is 2.81. The van der Waals surface area contributed by atoms with Crippen molar-refractivity contribution >= 4 is 23.4 Å². The molecule has 19 heavy (non-hydrogen) atoms. The van der Waals surface area contributed by atoms with Crippen molar-refractivity contribution in [2.45, 2.75) is 37.8 Å². The summed E-state index contributed by atoms with van der Waals surface area (Å²) in [6.07, 6.45) is 5.10. The fourth-order valence-electron chi connectivity index (χ4n) is 1.74. The fourth-order valence-corrected chi connectivity index (χ4v) is 2.66. The topological polar surface area (TPSA) is 41.6 Å². The number of unbranched alkanes of at least 4 members (excludes halogenated alkanes) is 3. The van der Waals surface area contributed by atoms with Gasteiger partial charge in [-0.1, -0.05) is 49.5 Å².